The van der Waals surface area contributed by atoms with Gasteiger partial charge < -0.3 is 15.8 Å². The Morgan fingerprint density at radius 1 is 1.23 bits per heavy atom. The molecule has 3 N–H and O–H groups in total. The maximum atomic E-state index is 13.7. The lowest BCUT2D eigenvalue weighted by atomic mass is 10.2. The Kier molecular flexibility index (Phi) is 7.65. The zero-order chi connectivity index (χ0) is 15.1. The van der Waals surface area contributed by atoms with Crippen molar-refractivity contribution in [3.05, 3.63) is 59.9 Å². The fourth-order valence-electron chi connectivity index (χ4n) is 1.80. The number of aliphatic imine (C=N–C) groups is 1. The third-order valence-corrected chi connectivity index (χ3v) is 2.77. The van der Waals surface area contributed by atoms with Crippen molar-refractivity contribution < 1.29 is 9.13 Å². The highest BCUT2D eigenvalue weighted by atomic mass is 127. The van der Waals surface area contributed by atoms with Gasteiger partial charge in [0.2, 0.25) is 0 Å². The molecule has 6 heteroatoms. The second-order valence-corrected chi connectivity index (χ2v) is 4.39. The number of nitrogens with one attached hydrogen (secondary N) is 1. The summed E-state index contributed by atoms with van der Waals surface area (Å²) in [4.78, 5) is 4.18. The summed E-state index contributed by atoms with van der Waals surface area (Å²) >= 11 is 0. The van der Waals surface area contributed by atoms with Crippen LogP contribution < -0.4 is 15.8 Å². The molecule has 2 rings (SSSR count). The number of nitrogens with two attached hydrogens (primary N) is 1. The van der Waals surface area contributed by atoms with E-state index in [1.54, 1.807) is 12.1 Å². The molecule has 22 heavy (non-hydrogen) atoms. The molecule has 2 aromatic rings. The molecule has 0 spiro atoms. The van der Waals surface area contributed by atoms with Crippen LogP contribution >= 0.6 is 24.0 Å². The lowest BCUT2D eigenvalue weighted by Crippen LogP contribution is -2.22. The largest absolute Gasteiger partial charge is 0.491 e. The van der Waals surface area contributed by atoms with Crippen molar-refractivity contribution in [1.82, 2.24) is 0 Å². The zero-order valence-electron chi connectivity index (χ0n) is 12.3. The monoisotopic (exact) mass is 415 g/mol. The SMILES string of the molecule is CCOc1ccc(CN=C(N)Nc2ccccc2)cc1F.I. The molecule has 0 saturated carbocycles. The molecule has 0 bridgehead atoms. The molecule has 0 amide bonds. The van der Waals surface area contributed by atoms with Crippen molar-refractivity contribution in [3.63, 3.8) is 0 Å². The quantitative estimate of drug-likeness (QED) is 0.444. The van der Waals surface area contributed by atoms with Crippen LogP contribution in [0, 0.1) is 5.82 Å². The highest BCUT2D eigenvalue weighted by molar-refractivity contribution is 14.0. The minimum atomic E-state index is -0.390. The molecule has 0 aliphatic rings. The van der Waals surface area contributed by atoms with Gasteiger partial charge in [0, 0.05) is 5.69 Å². The highest BCUT2D eigenvalue weighted by Crippen LogP contribution is 2.18. The molecule has 0 aliphatic carbocycles. The number of ether oxygens (including phenoxy) is 1. The summed E-state index contributed by atoms with van der Waals surface area (Å²) in [6, 6.07) is 14.3. The molecule has 118 valence electrons. The molecule has 0 fully saturated rings. The normalized spacial score (nSPS) is 10.7. The molecular formula is C16H19FIN3O. The Labute approximate surface area is 146 Å². The molecule has 0 heterocycles. The third kappa shape index (κ3) is 5.51. The lowest BCUT2D eigenvalue weighted by Gasteiger charge is -2.07. The molecule has 0 aromatic heterocycles. The molecule has 0 saturated heterocycles. The van der Waals surface area contributed by atoms with Crippen molar-refractivity contribution in [3.8, 4) is 5.75 Å². The van der Waals surface area contributed by atoms with Crippen LogP contribution in [0.15, 0.2) is 53.5 Å². The minimum absolute atomic E-state index is 0. The highest BCUT2D eigenvalue weighted by Gasteiger charge is 2.04. The number of guanidine groups is 1. The number of nitrogens with zero attached hydrogens (tertiary/aromatic N) is 1. The topological polar surface area (TPSA) is 59.6 Å². The fraction of sp³-hybridized carbons (Fsp3) is 0.188. The van der Waals surface area contributed by atoms with E-state index in [1.807, 2.05) is 37.3 Å². The number of para-hydroxylation sites is 1. The van der Waals surface area contributed by atoms with E-state index < -0.39 is 0 Å². The Hall–Kier alpha value is -1.83. The number of halogens is 2. The molecule has 0 atom stereocenters. The molecule has 4 nitrogen and oxygen atoms in total. The van der Waals surface area contributed by atoms with Crippen LogP contribution in [-0.2, 0) is 6.54 Å². The standard InChI is InChI=1S/C16H18FN3O.HI/c1-2-21-15-9-8-12(10-14(15)17)11-19-16(18)20-13-6-4-3-5-7-13;/h3-10H,2,11H2,1H3,(H3,18,19,20);1H. The maximum Gasteiger partial charge on any atom is 0.193 e. The van der Waals surface area contributed by atoms with Gasteiger partial charge in [-0.05, 0) is 36.8 Å². The van der Waals surface area contributed by atoms with Crippen molar-refractivity contribution in [2.75, 3.05) is 11.9 Å². The van der Waals surface area contributed by atoms with Gasteiger partial charge in [-0.15, -0.1) is 24.0 Å². The fourth-order valence-corrected chi connectivity index (χ4v) is 1.80. The second-order valence-electron chi connectivity index (χ2n) is 4.39. The summed E-state index contributed by atoms with van der Waals surface area (Å²) in [6.07, 6.45) is 0. The van der Waals surface area contributed by atoms with E-state index in [-0.39, 0.29) is 41.5 Å². The first-order chi connectivity index (χ1) is 10.2. The molecule has 0 radical (unpaired) electrons. The predicted octanol–water partition coefficient (Wildman–Crippen LogP) is 3.77. The number of anilines is 1. The van der Waals surface area contributed by atoms with Crippen LogP contribution in [0.1, 0.15) is 12.5 Å². The van der Waals surface area contributed by atoms with Crippen LogP contribution in [0.5, 0.6) is 5.75 Å². The number of rotatable bonds is 5. The van der Waals surface area contributed by atoms with Gasteiger partial charge in [0.25, 0.3) is 0 Å². The van der Waals surface area contributed by atoms with Crippen LogP contribution in [0.25, 0.3) is 0 Å². The van der Waals surface area contributed by atoms with Gasteiger partial charge >= 0.3 is 0 Å². The first-order valence-corrected chi connectivity index (χ1v) is 6.72. The Balaban J connectivity index is 0.00000242. The van der Waals surface area contributed by atoms with Crippen LogP contribution in [0.3, 0.4) is 0 Å². The van der Waals surface area contributed by atoms with Gasteiger partial charge in [0.1, 0.15) is 0 Å². The predicted molar refractivity (Wildman–Crippen MR) is 98.4 cm³/mol. The lowest BCUT2D eigenvalue weighted by molar-refractivity contribution is 0.321. The van der Waals surface area contributed by atoms with Crippen LogP contribution in [0.2, 0.25) is 0 Å². The minimum Gasteiger partial charge on any atom is -0.491 e. The smallest absolute Gasteiger partial charge is 0.193 e. The van der Waals surface area contributed by atoms with Gasteiger partial charge in [0.15, 0.2) is 17.5 Å². The molecule has 2 aromatic carbocycles. The Morgan fingerprint density at radius 3 is 2.59 bits per heavy atom. The summed E-state index contributed by atoms with van der Waals surface area (Å²) in [5.41, 5.74) is 7.38. The first-order valence-electron chi connectivity index (χ1n) is 6.72. The van der Waals surface area contributed by atoms with Crippen molar-refractivity contribution >= 4 is 35.6 Å². The van der Waals surface area contributed by atoms with E-state index in [9.17, 15) is 4.39 Å². The molecule has 0 aliphatic heterocycles. The summed E-state index contributed by atoms with van der Waals surface area (Å²) in [7, 11) is 0. The first kappa shape index (κ1) is 18.2. The van der Waals surface area contributed by atoms with E-state index >= 15 is 0 Å². The molecule has 0 unspecified atom stereocenters. The Morgan fingerprint density at radius 2 is 1.95 bits per heavy atom. The van der Waals surface area contributed by atoms with Crippen LogP contribution in [0.4, 0.5) is 10.1 Å². The number of hydrogen-bond acceptors (Lipinski definition) is 2. The second kappa shape index (κ2) is 9.24. The Bertz CT molecular complexity index is 620. The van der Waals surface area contributed by atoms with Gasteiger partial charge in [0.05, 0.1) is 13.2 Å². The summed E-state index contributed by atoms with van der Waals surface area (Å²) < 4.78 is 18.8. The molecular weight excluding hydrogens is 396 g/mol. The summed E-state index contributed by atoms with van der Waals surface area (Å²) in [6.45, 7) is 2.55. The van der Waals surface area contributed by atoms with Crippen molar-refractivity contribution in [2.24, 2.45) is 10.7 Å². The van der Waals surface area contributed by atoms with Crippen molar-refractivity contribution in [1.29, 1.82) is 0 Å². The van der Waals surface area contributed by atoms with Gasteiger partial charge in [-0.25, -0.2) is 9.38 Å². The van der Waals surface area contributed by atoms with E-state index in [4.69, 9.17) is 10.5 Å². The average molecular weight is 415 g/mol. The number of hydrogen-bond donors (Lipinski definition) is 2. The van der Waals surface area contributed by atoms with E-state index in [0.717, 1.165) is 11.3 Å². The van der Waals surface area contributed by atoms with Crippen LogP contribution in [-0.4, -0.2) is 12.6 Å². The average Bonchev–Trinajstić information content (AvgIpc) is 2.49. The third-order valence-electron chi connectivity index (χ3n) is 2.77. The number of benzene rings is 2. The van der Waals surface area contributed by atoms with Crippen molar-refractivity contribution in [2.45, 2.75) is 13.5 Å². The zero-order valence-corrected chi connectivity index (χ0v) is 14.6. The van der Waals surface area contributed by atoms with Gasteiger partial charge in [-0.2, -0.15) is 0 Å². The maximum absolute atomic E-state index is 13.7. The van der Waals surface area contributed by atoms with Gasteiger partial charge in [-0.3, -0.25) is 0 Å². The summed E-state index contributed by atoms with van der Waals surface area (Å²) in [5, 5.41) is 2.97. The van der Waals surface area contributed by atoms with Gasteiger partial charge in [-0.1, -0.05) is 24.3 Å². The van der Waals surface area contributed by atoms with E-state index in [1.165, 1.54) is 6.07 Å². The summed E-state index contributed by atoms with van der Waals surface area (Å²) in [5.74, 6) is 0.148. The van der Waals surface area contributed by atoms with E-state index in [0.29, 0.717) is 13.2 Å². The van der Waals surface area contributed by atoms with E-state index in [2.05, 4.69) is 10.3 Å².